The van der Waals surface area contributed by atoms with Gasteiger partial charge in [-0.25, -0.2) is 4.79 Å². The largest absolute Gasteiger partial charge is 0.481 e. The molecule has 0 bridgehead atoms. The summed E-state index contributed by atoms with van der Waals surface area (Å²) in [6, 6.07) is 0.0227. The average Bonchev–Trinajstić information content (AvgIpc) is 2.96. The topological polar surface area (TPSA) is 69.6 Å². The van der Waals surface area contributed by atoms with Crippen molar-refractivity contribution >= 4 is 12.0 Å². The van der Waals surface area contributed by atoms with Crippen LogP contribution in [0.2, 0.25) is 0 Å². The maximum absolute atomic E-state index is 12.3. The summed E-state index contributed by atoms with van der Waals surface area (Å²) in [4.78, 5) is 25.1. The average molecular weight is 296 g/mol. The van der Waals surface area contributed by atoms with Crippen molar-refractivity contribution in [1.82, 2.24) is 10.2 Å². The number of nitrogens with one attached hydrogen (secondary N) is 1. The third-order valence-corrected chi connectivity index (χ3v) is 5.72. The Morgan fingerprint density at radius 3 is 2.29 bits per heavy atom. The van der Waals surface area contributed by atoms with Gasteiger partial charge in [-0.15, -0.1) is 0 Å². The minimum atomic E-state index is -0.736. The minimum Gasteiger partial charge on any atom is -0.481 e. The summed E-state index contributed by atoms with van der Waals surface area (Å²) in [7, 11) is 0. The van der Waals surface area contributed by atoms with Crippen LogP contribution in [0.3, 0.4) is 0 Å². The molecule has 0 radical (unpaired) electrons. The van der Waals surface area contributed by atoms with Crippen molar-refractivity contribution in [2.75, 3.05) is 13.1 Å². The van der Waals surface area contributed by atoms with Crippen LogP contribution in [-0.2, 0) is 4.79 Å². The first-order chi connectivity index (χ1) is 9.99. The standard InChI is InChI=1S/C16H28N2O3/c1-3-16(4-2)7-9-18(10-8-16)15(21)17-13-6-5-12(11-13)14(19)20/h12-13H,3-11H2,1-2H3,(H,17,21)(H,19,20). The lowest BCUT2D eigenvalue weighted by Crippen LogP contribution is -2.49. The highest BCUT2D eigenvalue weighted by atomic mass is 16.4. The number of likely N-dealkylation sites (tertiary alicyclic amines) is 1. The fourth-order valence-corrected chi connectivity index (χ4v) is 3.74. The zero-order valence-electron chi connectivity index (χ0n) is 13.2. The van der Waals surface area contributed by atoms with Gasteiger partial charge in [-0.05, 0) is 37.5 Å². The molecule has 2 N–H and O–H groups in total. The summed E-state index contributed by atoms with van der Waals surface area (Å²) < 4.78 is 0. The Hall–Kier alpha value is -1.26. The van der Waals surface area contributed by atoms with Crippen LogP contribution in [-0.4, -0.2) is 41.1 Å². The lowest BCUT2D eigenvalue weighted by atomic mass is 9.74. The molecule has 2 amide bonds. The van der Waals surface area contributed by atoms with E-state index in [1.54, 1.807) is 0 Å². The Kier molecular flexibility index (Phi) is 5.12. The van der Waals surface area contributed by atoms with E-state index in [1.807, 2.05) is 4.90 Å². The predicted molar refractivity (Wildman–Crippen MR) is 81.1 cm³/mol. The molecular weight excluding hydrogens is 268 g/mol. The third kappa shape index (κ3) is 3.69. The number of piperidine rings is 1. The first-order valence-corrected chi connectivity index (χ1v) is 8.28. The van der Waals surface area contributed by atoms with Gasteiger partial charge in [0.15, 0.2) is 0 Å². The van der Waals surface area contributed by atoms with E-state index in [9.17, 15) is 9.59 Å². The molecule has 0 aromatic carbocycles. The molecule has 2 unspecified atom stereocenters. The van der Waals surface area contributed by atoms with Gasteiger partial charge in [0.25, 0.3) is 0 Å². The molecule has 120 valence electrons. The van der Waals surface area contributed by atoms with Crippen molar-refractivity contribution in [3.63, 3.8) is 0 Å². The summed E-state index contributed by atoms with van der Waals surface area (Å²) in [5.41, 5.74) is 0.415. The van der Waals surface area contributed by atoms with Crippen LogP contribution >= 0.6 is 0 Å². The van der Waals surface area contributed by atoms with Crippen LogP contribution in [0.15, 0.2) is 0 Å². The van der Waals surface area contributed by atoms with Crippen molar-refractivity contribution in [1.29, 1.82) is 0 Å². The Morgan fingerprint density at radius 2 is 1.81 bits per heavy atom. The highest BCUT2D eigenvalue weighted by Gasteiger charge is 2.35. The van der Waals surface area contributed by atoms with Gasteiger partial charge in [-0.3, -0.25) is 4.79 Å². The van der Waals surface area contributed by atoms with E-state index in [0.717, 1.165) is 32.4 Å². The molecule has 2 rings (SSSR count). The minimum absolute atomic E-state index is 0.00755. The van der Waals surface area contributed by atoms with E-state index < -0.39 is 5.97 Å². The Bertz CT molecular complexity index is 383. The van der Waals surface area contributed by atoms with Crippen LogP contribution in [0.5, 0.6) is 0 Å². The second kappa shape index (κ2) is 6.67. The summed E-state index contributed by atoms with van der Waals surface area (Å²) in [5.74, 6) is -1.02. The maximum Gasteiger partial charge on any atom is 0.317 e. The maximum atomic E-state index is 12.3. The number of hydrogen-bond acceptors (Lipinski definition) is 2. The van der Waals surface area contributed by atoms with E-state index in [4.69, 9.17) is 5.11 Å². The molecule has 2 atom stereocenters. The number of carbonyl (C=O) groups is 2. The third-order valence-electron chi connectivity index (χ3n) is 5.72. The zero-order valence-corrected chi connectivity index (χ0v) is 13.2. The van der Waals surface area contributed by atoms with Crippen LogP contribution < -0.4 is 5.32 Å². The lowest BCUT2D eigenvalue weighted by Gasteiger charge is -2.41. The molecule has 21 heavy (non-hydrogen) atoms. The van der Waals surface area contributed by atoms with Crippen molar-refractivity contribution in [2.45, 2.75) is 64.8 Å². The molecule has 2 fully saturated rings. The highest BCUT2D eigenvalue weighted by molar-refractivity contribution is 5.75. The fraction of sp³-hybridized carbons (Fsp3) is 0.875. The number of carbonyl (C=O) groups excluding carboxylic acids is 1. The van der Waals surface area contributed by atoms with Gasteiger partial charge in [-0.1, -0.05) is 26.7 Å². The van der Waals surface area contributed by atoms with Crippen molar-refractivity contribution in [3.05, 3.63) is 0 Å². The van der Waals surface area contributed by atoms with Gasteiger partial charge < -0.3 is 15.3 Å². The lowest BCUT2D eigenvalue weighted by molar-refractivity contribution is -0.141. The van der Waals surface area contributed by atoms with Crippen LogP contribution in [0.25, 0.3) is 0 Å². The number of aliphatic carboxylic acids is 1. The molecular formula is C16H28N2O3. The number of urea groups is 1. The number of carboxylic acids is 1. The van der Waals surface area contributed by atoms with Crippen molar-refractivity contribution < 1.29 is 14.7 Å². The smallest absolute Gasteiger partial charge is 0.317 e. The molecule has 0 spiro atoms. The van der Waals surface area contributed by atoms with Crippen molar-refractivity contribution in [3.8, 4) is 0 Å². The van der Waals surface area contributed by atoms with E-state index in [-0.39, 0.29) is 18.0 Å². The summed E-state index contributed by atoms with van der Waals surface area (Å²) >= 11 is 0. The quantitative estimate of drug-likeness (QED) is 0.838. The SMILES string of the molecule is CCC1(CC)CCN(C(=O)NC2CCC(C(=O)O)C2)CC1. The monoisotopic (exact) mass is 296 g/mol. The molecule has 1 saturated carbocycles. The fourth-order valence-electron chi connectivity index (χ4n) is 3.74. The normalized spacial score (nSPS) is 28.4. The molecule has 1 aliphatic heterocycles. The number of rotatable bonds is 4. The van der Waals surface area contributed by atoms with Crippen molar-refractivity contribution in [2.24, 2.45) is 11.3 Å². The number of carboxylic acid groups (broad SMARTS) is 1. The molecule has 0 aromatic heterocycles. The van der Waals surface area contributed by atoms with Gasteiger partial charge in [0, 0.05) is 19.1 Å². The van der Waals surface area contributed by atoms with Crippen LogP contribution in [0.4, 0.5) is 4.79 Å². The molecule has 1 aliphatic carbocycles. The molecule has 1 heterocycles. The second-order valence-electron chi connectivity index (χ2n) is 6.69. The zero-order chi connectivity index (χ0) is 15.5. The summed E-state index contributed by atoms with van der Waals surface area (Å²) in [5, 5.41) is 12.0. The molecule has 5 heteroatoms. The van der Waals surface area contributed by atoms with Crippen LogP contribution in [0.1, 0.15) is 58.8 Å². The van der Waals surface area contributed by atoms with Gasteiger partial charge in [0.05, 0.1) is 5.92 Å². The molecule has 1 saturated heterocycles. The van der Waals surface area contributed by atoms with E-state index >= 15 is 0 Å². The summed E-state index contributed by atoms with van der Waals surface area (Å²) in [6.45, 7) is 6.12. The van der Waals surface area contributed by atoms with Gasteiger partial charge in [-0.2, -0.15) is 0 Å². The van der Waals surface area contributed by atoms with Gasteiger partial charge in [0.1, 0.15) is 0 Å². The number of nitrogens with zero attached hydrogens (tertiary/aromatic N) is 1. The summed E-state index contributed by atoms with van der Waals surface area (Å²) in [6.07, 6.45) is 6.55. The second-order valence-corrected chi connectivity index (χ2v) is 6.69. The van der Waals surface area contributed by atoms with E-state index in [2.05, 4.69) is 19.2 Å². The number of amides is 2. The molecule has 5 nitrogen and oxygen atoms in total. The highest BCUT2D eigenvalue weighted by Crippen LogP contribution is 2.38. The molecule has 0 aromatic rings. The predicted octanol–water partition coefficient (Wildman–Crippen LogP) is 2.85. The van der Waals surface area contributed by atoms with E-state index in [0.29, 0.717) is 18.3 Å². The van der Waals surface area contributed by atoms with E-state index in [1.165, 1.54) is 12.8 Å². The Balaban J connectivity index is 1.79. The van der Waals surface area contributed by atoms with Gasteiger partial charge in [0.2, 0.25) is 0 Å². The Morgan fingerprint density at radius 1 is 1.19 bits per heavy atom. The first-order valence-electron chi connectivity index (χ1n) is 8.28. The molecule has 2 aliphatic rings. The van der Waals surface area contributed by atoms with Crippen LogP contribution in [0, 0.1) is 11.3 Å². The van der Waals surface area contributed by atoms with Gasteiger partial charge >= 0.3 is 12.0 Å². The first kappa shape index (κ1) is 16.1. The number of hydrogen-bond donors (Lipinski definition) is 2. The Labute approximate surface area is 127 Å².